The third kappa shape index (κ3) is 10.1. The summed E-state index contributed by atoms with van der Waals surface area (Å²) >= 11 is 0. The standard InChI is InChI=1S/C115H70N6O/c1-115(2)97-43-22-21-42-93(97)107-109(116-113(118-111(107)115)120-98-56-54-91-87-38-15-13-34-83(87)85-36-17-19-40-89(85)103(91)105(98)95-62-75-28-9-11-30-77(75)64-100(95)120)72-50-48-70(49-51-72)69-44-46-71(47-45-69)73-32-23-33-74(58-73)79-52-53-94-102(66-79)122-112-108(94)110(82-60-80(67-24-5-3-6-25-67)59-81(61-82)68-26-7-4-8-27-68)117-114(119-112)121-99-57-55-92-88-39-16-14-35-84(88)86-37-18-20-41-90(86)104(92)106(99)96-63-76-29-10-12-31-78(76)65-101(96)121/h3-66H,1-2H3. The van der Waals surface area contributed by atoms with Crippen molar-refractivity contribution >= 4 is 152 Å². The van der Waals surface area contributed by atoms with Gasteiger partial charge in [0.25, 0.3) is 0 Å². The van der Waals surface area contributed by atoms with Crippen LogP contribution in [0.1, 0.15) is 25.1 Å². The minimum Gasteiger partial charge on any atom is -0.437 e. The molecule has 0 radical (unpaired) electrons. The Balaban J connectivity index is 0.589. The second-order valence-corrected chi connectivity index (χ2v) is 33.4. The van der Waals surface area contributed by atoms with Gasteiger partial charge in [-0.1, -0.05) is 329 Å². The number of rotatable bonds is 9. The smallest absolute Gasteiger partial charge is 0.238 e. The van der Waals surface area contributed by atoms with Crippen molar-refractivity contribution < 1.29 is 4.42 Å². The van der Waals surface area contributed by atoms with E-state index < -0.39 is 5.41 Å². The van der Waals surface area contributed by atoms with Crippen molar-refractivity contribution in [1.29, 1.82) is 0 Å². The zero-order valence-electron chi connectivity index (χ0n) is 66.5. The molecular weight excluding hydrogens is 1480 g/mol. The molecule has 0 bridgehead atoms. The molecule has 566 valence electrons. The lowest BCUT2D eigenvalue weighted by molar-refractivity contribution is 0.632. The molecule has 5 heterocycles. The molecule has 25 aromatic rings. The molecule has 0 spiro atoms. The van der Waals surface area contributed by atoms with Crippen LogP contribution in [-0.4, -0.2) is 29.1 Å². The Morgan fingerprint density at radius 1 is 0.230 bits per heavy atom. The largest absolute Gasteiger partial charge is 0.437 e. The average Bonchev–Trinajstić information content (AvgIpc) is 1.53. The summed E-state index contributed by atoms with van der Waals surface area (Å²) in [7, 11) is 0. The van der Waals surface area contributed by atoms with Gasteiger partial charge < -0.3 is 4.42 Å². The van der Waals surface area contributed by atoms with Crippen molar-refractivity contribution in [3.8, 4) is 101 Å². The summed E-state index contributed by atoms with van der Waals surface area (Å²) in [5, 5.41) is 25.8. The van der Waals surface area contributed by atoms with Crippen molar-refractivity contribution in [2.24, 2.45) is 0 Å². The van der Waals surface area contributed by atoms with Gasteiger partial charge in [-0.25, -0.2) is 15.0 Å². The highest BCUT2D eigenvalue weighted by Gasteiger charge is 2.40. The van der Waals surface area contributed by atoms with Crippen LogP contribution >= 0.6 is 0 Å². The van der Waals surface area contributed by atoms with Gasteiger partial charge in [0, 0.05) is 59.8 Å². The van der Waals surface area contributed by atoms with E-state index in [0.29, 0.717) is 17.6 Å². The van der Waals surface area contributed by atoms with Crippen molar-refractivity contribution in [1.82, 2.24) is 29.1 Å². The van der Waals surface area contributed by atoms with Gasteiger partial charge in [0.15, 0.2) is 0 Å². The molecule has 5 aromatic heterocycles. The topological polar surface area (TPSA) is 74.6 Å². The fraction of sp³-hybridized carbons (Fsp3) is 0.0261. The van der Waals surface area contributed by atoms with E-state index in [-0.39, 0.29) is 0 Å². The van der Waals surface area contributed by atoms with Crippen LogP contribution in [0.3, 0.4) is 0 Å². The molecule has 1 aliphatic rings. The molecule has 1 aliphatic carbocycles. The Hall–Kier alpha value is -16.0. The summed E-state index contributed by atoms with van der Waals surface area (Å²) in [6.07, 6.45) is 0. The van der Waals surface area contributed by atoms with Gasteiger partial charge in [-0.2, -0.15) is 4.98 Å². The van der Waals surface area contributed by atoms with Gasteiger partial charge in [-0.05, 0) is 215 Å². The second kappa shape index (κ2) is 26.0. The summed E-state index contributed by atoms with van der Waals surface area (Å²) in [4.78, 5) is 23.2. The maximum Gasteiger partial charge on any atom is 0.238 e. The van der Waals surface area contributed by atoms with Crippen LogP contribution in [0.25, 0.3) is 253 Å². The number of aromatic nitrogens is 6. The molecule has 0 aliphatic heterocycles. The molecule has 122 heavy (non-hydrogen) atoms. The Bertz CT molecular complexity index is 8710. The SMILES string of the molecule is CC1(C)c2ccccc2-c2c(-c3ccc(-c4ccc(-c5cccc(-c6ccc7c(c6)oc6nc(-n8c9cc%10ccccc%10cc9c9c%10c%11ccccc%11c%11ccccc%11c%10ccc98)nc(-c8cc(-c9ccccc9)cc(-c9ccccc9)c8)c67)c5)cc4)cc3)nc(-n3c4cc5ccccc5cc4c4c5c6ccccc6c6ccccc6c5ccc43)nc21. The summed E-state index contributed by atoms with van der Waals surface area (Å²) in [5.41, 5.74) is 24.1. The molecule has 0 saturated heterocycles. The van der Waals surface area contributed by atoms with E-state index in [1.165, 1.54) is 91.9 Å². The van der Waals surface area contributed by atoms with Crippen molar-refractivity contribution in [3.63, 3.8) is 0 Å². The Kier molecular flexibility index (Phi) is 14.5. The highest BCUT2D eigenvalue weighted by Crippen LogP contribution is 2.54. The normalized spacial score (nSPS) is 12.7. The van der Waals surface area contributed by atoms with Crippen LogP contribution < -0.4 is 0 Å². The van der Waals surface area contributed by atoms with E-state index in [0.717, 1.165) is 155 Å². The molecule has 0 N–H and O–H groups in total. The molecule has 0 amide bonds. The minimum absolute atomic E-state index is 0.411. The third-order valence-corrected chi connectivity index (χ3v) is 26.4. The zero-order valence-corrected chi connectivity index (χ0v) is 66.5. The molecule has 7 heteroatoms. The Morgan fingerprint density at radius 3 is 1.13 bits per heavy atom. The number of nitrogens with zero attached hydrogens (tertiary/aromatic N) is 6. The van der Waals surface area contributed by atoms with Crippen molar-refractivity contribution in [3.05, 3.63) is 400 Å². The molecule has 20 aromatic carbocycles. The molecular formula is C115H70N6O. The first kappa shape index (κ1) is 68.1. The van der Waals surface area contributed by atoms with Gasteiger partial charge in [-0.15, -0.1) is 0 Å². The fourth-order valence-electron chi connectivity index (χ4n) is 20.7. The van der Waals surface area contributed by atoms with E-state index in [1.807, 2.05) is 0 Å². The van der Waals surface area contributed by atoms with Gasteiger partial charge in [0.05, 0.1) is 44.5 Å². The van der Waals surface area contributed by atoms with Crippen LogP contribution in [0.4, 0.5) is 0 Å². The quantitative estimate of drug-likeness (QED) is 0.135. The Morgan fingerprint density at radius 2 is 0.598 bits per heavy atom. The summed E-state index contributed by atoms with van der Waals surface area (Å²) < 4.78 is 11.9. The van der Waals surface area contributed by atoms with E-state index >= 15 is 0 Å². The second-order valence-electron chi connectivity index (χ2n) is 33.4. The fourth-order valence-corrected chi connectivity index (χ4v) is 20.7. The number of furan rings is 1. The van der Waals surface area contributed by atoms with Crippen LogP contribution in [0.5, 0.6) is 0 Å². The predicted octanol–water partition coefficient (Wildman–Crippen LogP) is 30.6. The Labute approximate surface area is 700 Å². The highest BCUT2D eigenvalue weighted by molar-refractivity contribution is 6.38. The number of hydrogen-bond acceptors (Lipinski definition) is 5. The first-order chi connectivity index (χ1) is 60.2. The molecule has 26 rings (SSSR count). The maximum atomic E-state index is 7.28. The average molecular weight is 1550 g/mol. The first-order valence-electron chi connectivity index (χ1n) is 42.0. The zero-order chi connectivity index (χ0) is 80.2. The monoisotopic (exact) mass is 1550 g/mol. The van der Waals surface area contributed by atoms with Crippen LogP contribution in [0.15, 0.2) is 393 Å². The summed E-state index contributed by atoms with van der Waals surface area (Å²) in [6, 6.07) is 142. The molecule has 0 fully saturated rings. The van der Waals surface area contributed by atoms with Crippen molar-refractivity contribution in [2.75, 3.05) is 0 Å². The van der Waals surface area contributed by atoms with Crippen LogP contribution in [-0.2, 0) is 5.41 Å². The minimum atomic E-state index is -0.411. The predicted molar refractivity (Wildman–Crippen MR) is 509 cm³/mol. The van der Waals surface area contributed by atoms with Gasteiger partial charge in [-0.3, -0.25) is 9.13 Å². The number of hydrogen-bond donors (Lipinski definition) is 0. The van der Waals surface area contributed by atoms with E-state index in [4.69, 9.17) is 24.4 Å². The number of benzene rings is 20. The van der Waals surface area contributed by atoms with Gasteiger partial charge >= 0.3 is 0 Å². The lowest BCUT2D eigenvalue weighted by atomic mass is 9.85. The number of fused-ring (bicyclic) bond motifs is 28. The molecule has 0 atom stereocenters. The molecule has 0 saturated carbocycles. The lowest BCUT2D eigenvalue weighted by Gasteiger charge is -2.21. The van der Waals surface area contributed by atoms with E-state index in [2.05, 4.69) is 411 Å². The van der Waals surface area contributed by atoms with Crippen LogP contribution in [0.2, 0.25) is 0 Å². The maximum absolute atomic E-state index is 7.28. The lowest BCUT2D eigenvalue weighted by Crippen LogP contribution is -2.18. The summed E-state index contributed by atoms with van der Waals surface area (Å²) in [6.45, 7) is 4.64. The first-order valence-corrected chi connectivity index (χ1v) is 42.0. The van der Waals surface area contributed by atoms with Crippen LogP contribution in [0, 0.1) is 0 Å². The van der Waals surface area contributed by atoms with Crippen molar-refractivity contribution in [2.45, 2.75) is 19.3 Å². The van der Waals surface area contributed by atoms with E-state index in [9.17, 15) is 0 Å². The van der Waals surface area contributed by atoms with Gasteiger partial charge in [0.1, 0.15) is 5.58 Å². The van der Waals surface area contributed by atoms with Gasteiger partial charge in [0.2, 0.25) is 17.6 Å². The molecule has 0 unspecified atom stereocenters. The summed E-state index contributed by atoms with van der Waals surface area (Å²) in [5.74, 6) is 1.17. The molecule has 7 nitrogen and oxygen atoms in total. The van der Waals surface area contributed by atoms with E-state index in [1.54, 1.807) is 0 Å². The third-order valence-electron chi connectivity index (χ3n) is 26.4. The highest BCUT2D eigenvalue weighted by atomic mass is 16.3.